The van der Waals surface area contributed by atoms with Crippen LogP contribution in [0, 0.1) is 0 Å². The predicted octanol–water partition coefficient (Wildman–Crippen LogP) is 2.19. The zero-order valence-electron chi connectivity index (χ0n) is 14.7. The Morgan fingerprint density at radius 1 is 1.42 bits per heavy atom. The van der Waals surface area contributed by atoms with Crippen molar-refractivity contribution in [2.45, 2.75) is 44.7 Å². The molecule has 0 radical (unpaired) electrons. The number of aromatic nitrogens is 2. The molecule has 1 fully saturated rings. The van der Waals surface area contributed by atoms with Gasteiger partial charge in [-0.2, -0.15) is 4.98 Å². The first-order valence-electron chi connectivity index (χ1n) is 8.79. The Hall–Kier alpha value is -2.42. The van der Waals surface area contributed by atoms with Crippen molar-refractivity contribution in [1.82, 2.24) is 25.7 Å². The minimum absolute atomic E-state index is 0.0384. The molecule has 1 unspecified atom stereocenters. The smallest absolute Gasteiger partial charge is 0.318 e. The highest BCUT2D eigenvalue weighted by Crippen LogP contribution is 2.22. The first kappa shape index (κ1) is 18.4. The maximum absolute atomic E-state index is 12.6. The molecule has 9 heteroatoms. The van der Waals surface area contributed by atoms with Crippen molar-refractivity contribution in [3.8, 4) is 0 Å². The molecule has 1 aliphatic rings. The van der Waals surface area contributed by atoms with Crippen LogP contribution in [0.4, 0.5) is 4.79 Å². The van der Waals surface area contributed by atoms with Crippen LogP contribution in [0.3, 0.4) is 0 Å². The van der Waals surface area contributed by atoms with Crippen molar-refractivity contribution in [3.63, 3.8) is 0 Å². The second-order valence-electron chi connectivity index (χ2n) is 6.21. The van der Waals surface area contributed by atoms with Crippen LogP contribution in [0.2, 0.25) is 0 Å². The van der Waals surface area contributed by atoms with E-state index in [1.807, 2.05) is 4.90 Å². The number of carbonyl (C=O) groups excluding carboxylic acids is 2. The summed E-state index contributed by atoms with van der Waals surface area (Å²) in [6.07, 6.45) is 5.16. The van der Waals surface area contributed by atoms with E-state index < -0.39 is 5.91 Å². The van der Waals surface area contributed by atoms with Gasteiger partial charge in [-0.1, -0.05) is 11.2 Å². The number of hydrogen-bond acceptors (Lipinski definition) is 6. The Kier molecular flexibility index (Phi) is 6.21. The van der Waals surface area contributed by atoms with Gasteiger partial charge in [0.2, 0.25) is 5.89 Å². The molecule has 1 saturated heterocycles. The summed E-state index contributed by atoms with van der Waals surface area (Å²) >= 11 is 1.76. The zero-order valence-corrected chi connectivity index (χ0v) is 15.6. The maximum Gasteiger partial charge on any atom is 0.318 e. The standard InChI is InChI=1S/C17H23N5O3S/c1-18-16(23)15-20-14(25-21-15)11-19-17(24)22-9-3-2-5-12(22)7-8-13-6-4-10-26-13/h4,6,10,12H,2-3,5,7-9,11H2,1H3,(H,18,23)(H,19,24). The number of likely N-dealkylation sites (tertiary alicyclic amines) is 1. The van der Waals surface area contributed by atoms with Gasteiger partial charge in [0.1, 0.15) is 0 Å². The number of hydrogen-bond donors (Lipinski definition) is 2. The Labute approximate surface area is 156 Å². The number of carbonyl (C=O) groups is 2. The summed E-state index contributed by atoms with van der Waals surface area (Å²) in [5.41, 5.74) is 0. The van der Waals surface area contributed by atoms with Gasteiger partial charge in [0.15, 0.2) is 0 Å². The van der Waals surface area contributed by atoms with E-state index >= 15 is 0 Å². The minimum Gasteiger partial charge on any atom is -0.352 e. The van der Waals surface area contributed by atoms with Crippen LogP contribution in [0.25, 0.3) is 0 Å². The lowest BCUT2D eigenvalue weighted by molar-refractivity contribution is 0.0949. The molecular formula is C17H23N5O3S. The summed E-state index contributed by atoms with van der Waals surface area (Å²) in [7, 11) is 1.49. The maximum atomic E-state index is 12.6. The lowest BCUT2D eigenvalue weighted by atomic mass is 9.98. The van der Waals surface area contributed by atoms with Gasteiger partial charge in [-0.3, -0.25) is 4.79 Å². The second-order valence-corrected chi connectivity index (χ2v) is 7.24. The number of amides is 3. The van der Waals surface area contributed by atoms with E-state index in [1.165, 1.54) is 11.9 Å². The highest BCUT2D eigenvalue weighted by molar-refractivity contribution is 7.09. The molecule has 0 spiro atoms. The molecule has 1 atom stereocenters. The van der Waals surface area contributed by atoms with Gasteiger partial charge in [0.25, 0.3) is 11.7 Å². The number of nitrogens with zero attached hydrogens (tertiary/aromatic N) is 3. The Bertz CT molecular complexity index is 731. The van der Waals surface area contributed by atoms with Crippen molar-refractivity contribution in [1.29, 1.82) is 0 Å². The van der Waals surface area contributed by atoms with Crippen molar-refractivity contribution < 1.29 is 14.1 Å². The van der Waals surface area contributed by atoms with Crippen molar-refractivity contribution in [3.05, 3.63) is 34.1 Å². The topological polar surface area (TPSA) is 100 Å². The fourth-order valence-electron chi connectivity index (χ4n) is 3.12. The van der Waals surface area contributed by atoms with E-state index in [9.17, 15) is 9.59 Å². The first-order chi connectivity index (χ1) is 12.7. The van der Waals surface area contributed by atoms with Gasteiger partial charge in [0, 0.05) is 24.5 Å². The van der Waals surface area contributed by atoms with Crippen LogP contribution >= 0.6 is 11.3 Å². The fraction of sp³-hybridized carbons (Fsp3) is 0.529. The molecule has 2 N–H and O–H groups in total. The lowest BCUT2D eigenvalue weighted by Gasteiger charge is -2.35. The third-order valence-electron chi connectivity index (χ3n) is 4.48. The minimum atomic E-state index is -0.420. The largest absolute Gasteiger partial charge is 0.352 e. The molecule has 3 amide bonds. The third kappa shape index (κ3) is 4.60. The molecule has 0 aromatic carbocycles. The fourth-order valence-corrected chi connectivity index (χ4v) is 3.84. The van der Waals surface area contributed by atoms with Gasteiger partial charge in [-0.15, -0.1) is 11.3 Å². The SMILES string of the molecule is CNC(=O)c1noc(CNC(=O)N2CCCCC2CCc2cccs2)n1. The molecule has 2 aromatic heterocycles. The van der Waals surface area contributed by atoms with Crippen LogP contribution in [0.5, 0.6) is 0 Å². The number of nitrogens with one attached hydrogen (secondary N) is 2. The van der Waals surface area contributed by atoms with Crippen molar-refractivity contribution in [2.24, 2.45) is 0 Å². The number of urea groups is 1. The van der Waals surface area contributed by atoms with E-state index in [4.69, 9.17) is 4.52 Å². The summed E-state index contributed by atoms with van der Waals surface area (Å²) in [5, 5.41) is 10.9. The van der Waals surface area contributed by atoms with Crippen molar-refractivity contribution in [2.75, 3.05) is 13.6 Å². The van der Waals surface area contributed by atoms with E-state index in [-0.39, 0.29) is 30.3 Å². The van der Waals surface area contributed by atoms with E-state index in [0.29, 0.717) is 0 Å². The number of piperidine rings is 1. The van der Waals surface area contributed by atoms with Crippen LogP contribution < -0.4 is 10.6 Å². The molecule has 140 valence electrons. The van der Waals surface area contributed by atoms with Crippen LogP contribution in [-0.4, -0.2) is 46.6 Å². The quantitative estimate of drug-likeness (QED) is 0.804. The molecule has 0 bridgehead atoms. The van der Waals surface area contributed by atoms with Gasteiger partial charge in [-0.05, 0) is 43.6 Å². The highest BCUT2D eigenvalue weighted by Gasteiger charge is 2.26. The summed E-state index contributed by atoms with van der Waals surface area (Å²) < 4.78 is 4.99. The Morgan fingerprint density at radius 2 is 2.31 bits per heavy atom. The number of rotatable bonds is 6. The molecule has 3 rings (SSSR count). The Balaban J connectivity index is 1.52. The average Bonchev–Trinajstić information content (AvgIpc) is 3.36. The Morgan fingerprint density at radius 3 is 3.08 bits per heavy atom. The third-order valence-corrected chi connectivity index (χ3v) is 5.42. The zero-order chi connectivity index (χ0) is 18.4. The highest BCUT2D eigenvalue weighted by atomic mass is 32.1. The molecule has 3 heterocycles. The second kappa shape index (κ2) is 8.79. The molecule has 2 aromatic rings. The van der Waals surface area contributed by atoms with E-state index in [0.717, 1.165) is 38.6 Å². The van der Waals surface area contributed by atoms with Crippen LogP contribution in [-0.2, 0) is 13.0 Å². The molecule has 8 nitrogen and oxygen atoms in total. The van der Waals surface area contributed by atoms with E-state index in [2.05, 4.69) is 38.3 Å². The van der Waals surface area contributed by atoms with Gasteiger partial charge < -0.3 is 20.1 Å². The van der Waals surface area contributed by atoms with Crippen LogP contribution in [0.1, 0.15) is 47.1 Å². The van der Waals surface area contributed by atoms with Crippen LogP contribution in [0.15, 0.2) is 22.0 Å². The number of aryl methyl sites for hydroxylation is 1. The van der Waals surface area contributed by atoms with Crippen molar-refractivity contribution >= 4 is 23.3 Å². The monoisotopic (exact) mass is 377 g/mol. The number of thiophene rings is 1. The van der Waals surface area contributed by atoms with Gasteiger partial charge in [-0.25, -0.2) is 4.79 Å². The predicted molar refractivity (Wildman–Crippen MR) is 96.9 cm³/mol. The first-order valence-corrected chi connectivity index (χ1v) is 9.67. The lowest BCUT2D eigenvalue weighted by Crippen LogP contribution is -2.48. The van der Waals surface area contributed by atoms with E-state index in [1.54, 1.807) is 11.3 Å². The molecule has 26 heavy (non-hydrogen) atoms. The average molecular weight is 377 g/mol. The molecule has 0 saturated carbocycles. The summed E-state index contributed by atoms with van der Waals surface area (Å²) in [6.45, 7) is 0.866. The normalized spacial score (nSPS) is 17.1. The molecular weight excluding hydrogens is 354 g/mol. The van der Waals surface area contributed by atoms with Gasteiger partial charge >= 0.3 is 6.03 Å². The van der Waals surface area contributed by atoms with Gasteiger partial charge in [0.05, 0.1) is 6.54 Å². The summed E-state index contributed by atoms with van der Waals surface area (Å²) in [4.78, 5) is 31.2. The summed E-state index contributed by atoms with van der Waals surface area (Å²) in [6, 6.07) is 4.32. The molecule has 0 aliphatic carbocycles. The molecule has 1 aliphatic heterocycles. The summed E-state index contributed by atoms with van der Waals surface area (Å²) in [5.74, 6) is -0.247.